The Balaban J connectivity index is 1.65. The molecule has 0 spiro atoms. The number of benzene rings is 3. The molecule has 3 unspecified atom stereocenters. The molecule has 1 aromatic heterocycles. The molecule has 236 valence electrons. The molecule has 0 amide bonds. The first-order valence-electron chi connectivity index (χ1n) is 16.9. The van der Waals surface area contributed by atoms with Crippen molar-refractivity contribution < 1.29 is 0 Å². The van der Waals surface area contributed by atoms with Gasteiger partial charge in [0.1, 0.15) is 0 Å². The smallest absolute Gasteiger partial charge is 0.0745 e. The van der Waals surface area contributed by atoms with Gasteiger partial charge < -0.3 is 5.32 Å². The first-order chi connectivity index (χ1) is 21.2. The summed E-state index contributed by atoms with van der Waals surface area (Å²) in [4.78, 5) is 5.56. The highest BCUT2D eigenvalue weighted by molar-refractivity contribution is 7.66. The Labute approximate surface area is 274 Å². The van der Waals surface area contributed by atoms with Crippen molar-refractivity contribution in [1.29, 1.82) is 0 Å². The molecule has 0 fully saturated rings. The van der Waals surface area contributed by atoms with E-state index in [0.29, 0.717) is 11.3 Å². The summed E-state index contributed by atoms with van der Waals surface area (Å²) in [5, 5.41) is 9.88. The zero-order valence-electron chi connectivity index (χ0n) is 29.1. The van der Waals surface area contributed by atoms with Crippen molar-refractivity contribution in [2.45, 2.75) is 111 Å². The van der Waals surface area contributed by atoms with E-state index < -0.39 is 15.8 Å². The Morgan fingerprint density at radius 2 is 1.33 bits per heavy atom. The van der Waals surface area contributed by atoms with Crippen LogP contribution in [0.25, 0.3) is 21.8 Å². The number of hydrogen-bond donors (Lipinski definition) is 1. The van der Waals surface area contributed by atoms with Gasteiger partial charge in [0.2, 0.25) is 0 Å². The van der Waals surface area contributed by atoms with Crippen LogP contribution < -0.4 is 10.6 Å². The molecule has 4 aromatic rings. The summed E-state index contributed by atoms with van der Waals surface area (Å²) in [7, 11) is -0.970. The van der Waals surface area contributed by atoms with Gasteiger partial charge in [-0.25, -0.2) is 4.98 Å². The topological polar surface area (TPSA) is 24.9 Å². The van der Waals surface area contributed by atoms with Gasteiger partial charge in [-0.2, -0.15) is 0 Å². The molecule has 0 saturated carbocycles. The van der Waals surface area contributed by atoms with E-state index in [-0.39, 0.29) is 16.9 Å². The largest absolute Gasteiger partial charge is 0.377 e. The van der Waals surface area contributed by atoms with Crippen LogP contribution in [-0.4, -0.2) is 22.3 Å². The van der Waals surface area contributed by atoms with E-state index >= 15 is 0 Å². The molecular weight excluding hydrogens is 582 g/mol. The molecule has 1 N–H and O–H groups in total. The summed E-state index contributed by atoms with van der Waals surface area (Å²) < 4.78 is 0. The monoisotopic (exact) mass is 634 g/mol. The van der Waals surface area contributed by atoms with Crippen LogP contribution in [0, 0.1) is 5.41 Å². The van der Waals surface area contributed by atoms with E-state index in [1.54, 1.807) is 5.31 Å². The summed E-state index contributed by atoms with van der Waals surface area (Å²) in [6, 6.07) is 23.7. The fraction of sp³-hybridized carbons (Fsp3) is 0.439. The molecular formula is C41H52N2P2. The van der Waals surface area contributed by atoms with Crippen LogP contribution in [0.5, 0.6) is 0 Å². The Morgan fingerprint density at radius 3 is 1.89 bits per heavy atom. The fourth-order valence-electron chi connectivity index (χ4n) is 6.92. The first kappa shape index (κ1) is 32.4. The lowest BCUT2D eigenvalue weighted by Crippen LogP contribution is -2.29. The number of nitrogens with one attached hydrogen (secondary N) is 1. The summed E-state index contributed by atoms with van der Waals surface area (Å²) in [5.74, 6) is 0. The van der Waals surface area contributed by atoms with Crippen molar-refractivity contribution in [3.05, 3.63) is 100 Å². The van der Waals surface area contributed by atoms with Gasteiger partial charge in [0.05, 0.1) is 17.1 Å². The zero-order valence-corrected chi connectivity index (χ0v) is 30.9. The zero-order chi connectivity index (χ0) is 32.3. The number of nitrogens with zero attached hydrogens (tertiary/aromatic N) is 1. The highest BCUT2D eigenvalue weighted by Gasteiger charge is 2.32. The Bertz CT molecular complexity index is 1800. The summed E-state index contributed by atoms with van der Waals surface area (Å²) in [5.41, 5.74) is 10.7. The Kier molecular flexibility index (Phi) is 8.82. The van der Waals surface area contributed by atoms with E-state index in [9.17, 15) is 0 Å². The average molecular weight is 635 g/mol. The van der Waals surface area contributed by atoms with Gasteiger partial charge in [0.25, 0.3) is 0 Å². The third-order valence-electron chi connectivity index (χ3n) is 9.70. The molecule has 1 aliphatic heterocycles. The van der Waals surface area contributed by atoms with Crippen molar-refractivity contribution in [1.82, 2.24) is 4.98 Å². The quantitative estimate of drug-likeness (QED) is 0.175. The maximum atomic E-state index is 5.56. The molecule has 45 heavy (non-hydrogen) atoms. The highest BCUT2D eigenvalue weighted by Crippen LogP contribution is 2.57. The summed E-state index contributed by atoms with van der Waals surface area (Å²) in [6.45, 7) is 23.9. The van der Waals surface area contributed by atoms with Gasteiger partial charge in [0.15, 0.2) is 0 Å². The van der Waals surface area contributed by atoms with Crippen LogP contribution in [0.3, 0.4) is 0 Å². The fourth-order valence-corrected chi connectivity index (χ4v) is 12.0. The third kappa shape index (κ3) is 6.53. The van der Waals surface area contributed by atoms with Crippen LogP contribution in [0.2, 0.25) is 0 Å². The minimum absolute atomic E-state index is 0.0919. The van der Waals surface area contributed by atoms with Gasteiger partial charge in [-0.3, -0.25) is 0 Å². The Morgan fingerprint density at radius 1 is 0.733 bits per heavy atom. The number of hydrogen-bond acceptors (Lipinski definition) is 2. The van der Waals surface area contributed by atoms with Crippen LogP contribution >= 0.6 is 15.8 Å². The SMILES string of the molecule is CC(C)P1Cc2cccc3cc4cccc(c4nc23)CP(C(C)C)c2cc(C(C)(C)C)ccc2NC2CC=C(C(C)(C)C)C=C21. The van der Waals surface area contributed by atoms with Gasteiger partial charge in [-0.15, -0.1) is 0 Å². The molecule has 2 nitrogen and oxygen atoms in total. The molecule has 6 rings (SSSR count). The van der Waals surface area contributed by atoms with E-state index in [2.05, 4.69) is 147 Å². The Hall–Kier alpha value is -2.53. The number of allylic oxidation sites excluding steroid dienone is 2. The maximum absolute atomic E-state index is 5.56. The minimum atomic E-state index is -0.505. The molecule has 4 heteroatoms. The predicted molar refractivity (Wildman–Crippen MR) is 203 cm³/mol. The molecule has 0 radical (unpaired) electrons. The maximum Gasteiger partial charge on any atom is 0.0745 e. The minimum Gasteiger partial charge on any atom is -0.377 e. The number of rotatable bonds is 2. The van der Waals surface area contributed by atoms with Crippen molar-refractivity contribution in [2.75, 3.05) is 5.32 Å². The molecule has 3 aromatic carbocycles. The molecule has 2 heterocycles. The van der Waals surface area contributed by atoms with E-state index in [1.807, 2.05) is 0 Å². The van der Waals surface area contributed by atoms with Gasteiger partial charge in [0, 0.05) is 16.5 Å². The lowest BCUT2D eigenvalue weighted by Gasteiger charge is -2.37. The number of fused-ring (bicyclic) bond motifs is 2. The van der Waals surface area contributed by atoms with Crippen LogP contribution in [0.1, 0.15) is 92.3 Å². The van der Waals surface area contributed by atoms with Crippen molar-refractivity contribution in [3.63, 3.8) is 0 Å². The standard InChI is InChI=1S/C41H52N2P2/c1-26(2)44-24-30-15-11-13-28-21-29-14-12-16-31(39(29)43-38(28)30)25-45(27(3)4)37-23-33(41(8,9)10)18-20-35(37)42-34-19-17-32(22-36(34)44)40(5,6)7/h11-19,21-23,26-27,35,42H,20,24-25H2,1-10H3. The number of anilines is 1. The third-order valence-corrected chi connectivity index (χ3v) is 15.6. The van der Waals surface area contributed by atoms with Crippen molar-refractivity contribution in [2.24, 2.45) is 5.41 Å². The molecule has 2 bridgehead atoms. The van der Waals surface area contributed by atoms with Crippen molar-refractivity contribution >= 4 is 48.6 Å². The van der Waals surface area contributed by atoms with Gasteiger partial charge >= 0.3 is 0 Å². The number of pyridine rings is 1. The lowest BCUT2D eigenvalue weighted by molar-refractivity contribution is 0.510. The highest BCUT2D eigenvalue weighted by atomic mass is 31.1. The lowest BCUT2D eigenvalue weighted by atomic mass is 9.82. The second kappa shape index (κ2) is 12.2. The van der Waals surface area contributed by atoms with E-state index in [0.717, 1.165) is 18.7 Å². The van der Waals surface area contributed by atoms with Gasteiger partial charge in [-0.05, 0) is 92.0 Å². The summed E-state index contributed by atoms with van der Waals surface area (Å²) in [6.07, 6.45) is 8.23. The second-order valence-electron chi connectivity index (χ2n) is 15.8. The number of aromatic nitrogens is 1. The number of para-hydroxylation sites is 2. The molecule has 3 atom stereocenters. The van der Waals surface area contributed by atoms with Crippen LogP contribution in [-0.2, 0) is 17.7 Å². The summed E-state index contributed by atoms with van der Waals surface area (Å²) >= 11 is 0. The molecule has 0 saturated heterocycles. The van der Waals surface area contributed by atoms with E-state index in [4.69, 9.17) is 4.98 Å². The van der Waals surface area contributed by atoms with Crippen LogP contribution in [0.4, 0.5) is 5.69 Å². The normalized spacial score (nSPS) is 21.0. The second-order valence-corrected chi connectivity index (χ2v) is 21.4. The first-order valence-corrected chi connectivity index (χ1v) is 20.1. The molecule has 1 aliphatic carbocycles. The van der Waals surface area contributed by atoms with Gasteiger partial charge in [-0.1, -0.05) is 140 Å². The van der Waals surface area contributed by atoms with Crippen LogP contribution in [0.15, 0.2) is 83.7 Å². The average Bonchev–Trinajstić information content (AvgIpc) is 2.96. The predicted octanol–water partition coefficient (Wildman–Crippen LogP) is 11.8. The van der Waals surface area contributed by atoms with Crippen molar-refractivity contribution in [3.8, 4) is 0 Å². The molecule has 2 aliphatic rings. The van der Waals surface area contributed by atoms with E-state index in [1.165, 1.54) is 55.1 Å².